The summed E-state index contributed by atoms with van der Waals surface area (Å²) in [7, 11) is 1.31. The Balaban J connectivity index is 4.24. The third-order valence-corrected chi connectivity index (χ3v) is 11.7. The Morgan fingerprint density at radius 3 is 1.19 bits per heavy atom. The van der Waals surface area contributed by atoms with Gasteiger partial charge in [-0.2, -0.15) is 0 Å². The molecule has 0 radical (unpaired) electrons. The van der Waals surface area contributed by atoms with E-state index in [2.05, 4.69) is 148 Å². The van der Waals surface area contributed by atoms with Crippen molar-refractivity contribution in [1.82, 2.24) is 0 Å². The Morgan fingerprint density at radius 1 is 0.449 bits per heavy atom. The minimum atomic E-state index is -4.56. The number of quaternary nitrogens is 1. The van der Waals surface area contributed by atoms with Gasteiger partial charge in [-0.3, -0.25) is 9.36 Å². The van der Waals surface area contributed by atoms with Gasteiger partial charge >= 0.3 is 5.97 Å². The number of ether oxygens (including phenoxy) is 2. The maximum Gasteiger partial charge on any atom is 0.306 e. The first-order valence-electron chi connectivity index (χ1n) is 26.9. The number of phosphoric ester groups is 1. The second-order valence-corrected chi connectivity index (χ2v) is 19.9. The van der Waals surface area contributed by atoms with Crippen molar-refractivity contribution < 1.29 is 37.3 Å². The molecule has 0 saturated heterocycles. The molecule has 2 unspecified atom stereocenters. The van der Waals surface area contributed by atoms with Crippen LogP contribution in [-0.2, 0) is 27.9 Å². The Morgan fingerprint density at radius 2 is 0.797 bits per heavy atom. The number of allylic oxidation sites excluding steroid dienone is 22. The number of unbranched alkanes of at least 4 members (excludes halogenated alkanes) is 12. The molecule has 8 nitrogen and oxygen atoms in total. The van der Waals surface area contributed by atoms with Crippen LogP contribution < -0.4 is 4.89 Å². The molecular weight excluding hydrogens is 878 g/mol. The van der Waals surface area contributed by atoms with Crippen LogP contribution in [0.25, 0.3) is 0 Å². The molecule has 392 valence electrons. The largest absolute Gasteiger partial charge is 0.756 e. The highest BCUT2D eigenvalue weighted by Crippen LogP contribution is 2.38. The van der Waals surface area contributed by atoms with Crippen LogP contribution in [0.15, 0.2) is 134 Å². The van der Waals surface area contributed by atoms with Gasteiger partial charge in [0.25, 0.3) is 7.82 Å². The molecule has 2 atom stereocenters. The first-order chi connectivity index (χ1) is 33.6. The van der Waals surface area contributed by atoms with Crippen LogP contribution in [0, 0.1) is 0 Å². The molecule has 0 saturated carbocycles. The molecular formula is C60H100NO7P. The lowest BCUT2D eigenvalue weighted by Gasteiger charge is -2.28. The Kier molecular flexibility index (Phi) is 48.5. The number of carbonyl (C=O) groups excluding carboxylic acids is 1. The van der Waals surface area contributed by atoms with Crippen molar-refractivity contribution in [3.8, 4) is 0 Å². The highest BCUT2D eigenvalue weighted by atomic mass is 31.2. The van der Waals surface area contributed by atoms with E-state index in [4.69, 9.17) is 18.5 Å². The fourth-order valence-electron chi connectivity index (χ4n) is 6.63. The van der Waals surface area contributed by atoms with Gasteiger partial charge < -0.3 is 27.9 Å². The fourth-order valence-corrected chi connectivity index (χ4v) is 7.36. The molecule has 0 amide bonds. The summed E-state index contributed by atoms with van der Waals surface area (Å²) in [5, 5.41) is 0. The molecule has 0 aliphatic rings. The average Bonchev–Trinajstić information content (AvgIpc) is 3.31. The number of nitrogens with zero attached hydrogens (tertiary/aromatic N) is 1. The summed E-state index contributed by atoms with van der Waals surface area (Å²) in [4.78, 5) is 25.2. The molecule has 0 aromatic carbocycles. The van der Waals surface area contributed by atoms with Crippen molar-refractivity contribution in [2.45, 2.75) is 187 Å². The van der Waals surface area contributed by atoms with Gasteiger partial charge in [-0.05, 0) is 109 Å². The standard InChI is InChI=1S/C60H100NO7P/c1-6-8-10-12-14-16-18-20-22-24-26-28-30-31-32-33-35-37-39-41-43-45-47-49-51-53-60(62)68-59(58-67-69(63,64)66-56-54-61(3,4)5)57-65-55-52-50-48-46-44-42-40-38-36-34-29-27-25-23-21-19-17-15-13-11-9-7-2/h8-11,14-17,20-23,26-29,31-32,36,38,42,44,59H,6-7,12-13,18-19,24-25,30,33-35,37,39-41,43,45-58H2,1-5H3/b10-8-,11-9-,16-14-,17-15-,22-20-,23-21-,28-26-,29-27-,32-31-,38-36-,44-42-. The van der Waals surface area contributed by atoms with Crippen LogP contribution in [0.2, 0.25) is 0 Å². The van der Waals surface area contributed by atoms with E-state index < -0.39 is 13.9 Å². The zero-order valence-electron chi connectivity index (χ0n) is 44.5. The zero-order chi connectivity index (χ0) is 50.5. The van der Waals surface area contributed by atoms with Crippen molar-refractivity contribution in [3.63, 3.8) is 0 Å². The van der Waals surface area contributed by atoms with E-state index in [1.165, 1.54) is 38.5 Å². The second-order valence-electron chi connectivity index (χ2n) is 18.5. The first kappa shape index (κ1) is 65.6. The predicted octanol–water partition coefficient (Wildman–Crippen LogP) is 16.4. The zero-order valence-corrected chi connectivity index (χ0v) is 45.3. The molecule has 0 rings (SSSR count). The molecule has 0 spiro atoms. The van der Waals surface area contributed by atoms with Crippen molar-refractivity contribution >= 4 is 13.8 Å². The van der Waals surface area contributed by atoms with E-state index in [-0.39, 0.29) is 32.2 Å². The minimum Gasteiger partial charge on any atom is -0.756 e. The van der Waals surface area contributed by atoms with E-state index in [0.29, 0.717) is 17.6 Å². The molecule has 0 aliphatic heterocycles. The smallest absolute Gasteiger partial charge is 0.306 e. The predicted molar refractivity (Wildman–Crippen MR) is 295 cm³/mol. The summed E-state index contributed by atoms with van der Waals surface area (Å²) in [5.74, 6) is -0.359. The summed E-state index contributed by atoms with van der Waals surface area (Å²) >= 11 is 0. The number of carbonyl (C=O) groups is 1. The van der Waals surface area contributed by atoms with Gasteiger partial charge in [-0.25, -0.2) is 0 Å². The summed E-state index contributed by atoms with van der Waals surface area (Å²) < 4.78 is 34.7. The number of phosphoric acid groups is 1. The topological polar surface area (TPSA) is 94.1 Å². The van der Waals surface area contributed by atoms with Crippen LogP contribution in [0.1, 0.15) is 181 Å². The minimum absolute atomic E-state index is 0.00953. The van der Waals surface area contributed by atoms with Gasteiger partial charge in [0.1, 0.15) is 19.3 Å². The highest BCUT2D eigenvalue weighted by Gasteiger charge is 2.20. The number of hydrogen-bond acceptors (Lipinski definition) is 7. The summed E-state index contributed by atoms with van der Waals surface area (Å²) in [6, 6.07) is 0. The third kappa shape index (κ3) is 55.4. The van der Waals surface area contributed by atoms with Crippen LogP contribution in [-0.4, -0.2) is 70.7 Å². The van der Waals surface area contributed by atoms with Gasteiger partial charge in [0.05, 0.1) is 34.4 Å². The number of hydrogen-bond donors (Lipinski definition) is 0. The summed E-state index contributed by atoms with van der Waals surface area (Å²) in [6.07, 6.45) is 74.8. The quantitative estimate of drug-likeness (QED) is 0.0197. The van der Waals surface area contributed by atoms with Crippen molar-refractivity contribution in [2.24, 2.45) is 0 Å². The van der Waals surface area contributed by atoms with Crippen LogP contribution in [0.5, 0.6) is 0 Å². The third-order valence-electron chi connectivity index (χ3n) is 10.7. The highest BCUT2D eigenvalue weighted by molar-refractivity contribution is 7.45. The lowest BCUT2D eigenvalue weighted by Crippen LogP contribution is -2.37. The molecule has 0 aromatic rings. The fraction of sp³-hybridized carbons (Fsp3) is 0.617. The van der Waals surface area contributed by atoms with Gasteiger partial charge in [0, 0.05) is 13.0 Å². The molecule has 0 aliphatic carbocycles. The van der Waals surface area contributed by atoms with Gasteiger partial charge in [0.15, 0.2) is 0 Å². The van der Waals surface area contributed by atoms with Gasteiger partial charge in [0.2, 0.25) is 0 Å². The lowest BCUT2D eigenvalue weighted by atomic mass is 10.1. The van der Waals surface area contributed by atoms with Crippen LogP contribution in [0.3, 0.4) is 0 Å². The van der Waals surface area contributed by atoms with Crippen molar-refractivity contribution in [1.29, 1.82) is 0 Å². The van der Waals surface area contributed by atoms with Crippen LogP contribution >= 0.6 is 7.82 Å². The monoisotopic (exact) mass is 978 g/mol. The van der Waals surface area contributed by atoms with E-state index >= 15 is 0 Å². The normalized spacial score (nSPS) is 14.6. The van der Waals surface area contributed by atoms with Crippen LogP contribution in [0.4, 0.5) is 0 Å². The van der Waals surface area contributed by atoms with Gasteiger partial charge in [-0.1, -0.05) is 199 Å². The summed E-state index contributed by atoms with van der Waals surface area (Å²) in [6.45, 7) is 5.06. The van der Waals surface area contributed by atoms with Crippen molar-refractivity contribution in [3.05, 3.63) is 134 Å². The average molecular weight is 978 g/mol. The second kappa shape index (κ2) is 51.0. The molecule has 0 N–H and O–H groups in total. The maximum absolute atomic E-state index is 12.8. The molecule has 0 aromatic heterocycles. The lowest BCUT2D eigenvalue weighted by molar-refractivity contribution is -0.870. The molecule has 0 heterocycles. The van der Waals surface area contributed by atoms with Gasteiger partial charge in [-0.15, -0.1) is 0 Å². The molecule has 9 heteroatoms. The number of esters is 1. The van der Waals surface area contributed by atoms with E-state index in [0.717, 1.165) is 122 Å². The van der Waals surface area contributed by atoms with E-state index in [1.54, 1.807) is 0 Å². The number of rotatable bonds is 48. The first-order valence-corrected chi connectivity index (χ1v) is 28.4. The Labute approximate surface area is 424 Å². The Hall–Kier alpha value is -3.36. The molecule has 69 heavy (non-hydrogen) atoms. The van der Waals surface area contributed by atoms with E-state index in [1.807, 2.05) is 21.1 Å². The van der Waals surface area contributed by atoms with E-state index in [9.17, 15) is 14.3 Å². The molecule has 0 fully saturated rings. The Bertz CT molecular complexity index is 1560. The number of likely N-dealkylation sites (N-methyl/N-ethyl adjacent to an activating group) is 1. The van der Waals surface area contributed by atoms with Crippen molar-refractivity contribution in [2.75, 3.05) is 54.1 Å². The maximum atomic E-state index is 12.8. The SMILES string of the molecule is CC/C=C\C/C=C\C/C=C\C/C=C\C/C=C\C/C=C\CCCCCOCC(COP(=O)([O-])OCC[N+](C)(C)C)OC(=O)CCCCCCCCCCC/C=C\C/C=C\C/C=C\C/C=C\C/C=C\CC. The molecule has 0 bridgehead atoms. The summed E-state index contributed by atoms with van der Waals surface area (Å²) in [5.41, 5.74) is 0.